The Morgan fingerprint density at radius 3 is 2.47 bits per heavy atom. The fraction of sp³-hybridized carbons (Fsp3) is 0.444. The maximum absolute atomic E-state index is 14.3. The molecular formula is C36H45N5O4. The predicted molar refractivity (Wildman–Crippen MR) is 177 cm³/mol. The van der Waals surface area contributed by atoms with E-state index in [1.165, 1.54) is 30.6 Å². The van der Waals surface area contributed by atoms with Gasteiger partial charge < -0.3 is 25.8 Å². The lowest BCUT2D eigenvalue weighted by atomic mass is 9.86. The summed E-state index contributed by atoms with van der Waals surface area (Å²) in [5.41, 5.74) is 8.53. The van der Waals surface area contributed by atoms with Crippen LogP contribution in [0.4, 0.5) is 5.69 Å². The summed E-state index contributed by atoms with van der Waals surface area (Å²) in [5, 5.41) is 5.15. The Balaban J connectivity index is 1.39. The average molecular weight is 612 g/mol. The van der Waals surface area contributed by atoms with Gasteiger partial charge in [-0.25, -0.2) is 0 Å². The predicted octanol–water partition coefficient (Wildman–Crippen LogP) is 4.75. The second-order valence-electron chi connectivity index (χ2n) is 12.7. The number of amides is 4. The van der Waals surface area contributed by atoms with Crippen molar-refractivity contribution in [2.75, 3.05) is 45.6 Å². The first kappa shape index (κ1) is 32.2. The van der Waals surface area contributed by atoms with Crippen LogP contribution in [0.25, 0.3) is 10.8 Å². The van der Waals surface area contributed by atoms with Crippen molar-refractivity contribution in [3.8, 4) is 0 Å². The minimum atomic E-state index is -0.573. The molecule has 4 amide bonds. The number of nitrogens with zero attached hydrogens (tertiary/aromatic N) is 3. The van der Waals surface area contributed by atoms with Crippen LogP contribution in [0.5, 0.6) is 0 Å². The second-order valence-corrected chi connectivity index (χ2v) is 12.7. The fourth-order valence-corrected chi connectivity index (χ4v) is 6.76. The molecule has 3 aromatic carbocycles. The zero-order chi connectivity index (χ0) is 31.9. The third-order valence-electron chi connectivity index (χ3n) is 9.19. The molecule has 1 unspecified atom stereocenters. The Kier molecular flexibility index (Phi) is 10.5. The minimum Gasteiger partial charge on any atom is -0.368 e. The minimum absolute atomic E-state index is 0.0338. The maximum Gasteiger partial charge on any atom is 0.254 e. The van der Waals surface area contributed by atoms with Crippen LogP contribution in [-0.2, 0) is 20.8 Å². The van der Waals surface area contributed by atoms with Crippen LogP contribution < -0.4 is 11.1 Å². The molecule has 0 aromatic heterocycles. The zero-order valence-corrected chi connectivity index (χ0v) is 26.5. The number of benzene rings is 3. The third-order valence-corrected chi connectivity index (χ3v) is 9.19. The molecule has 1 saturated carbocycles. The van der Waals surface area contributed by atoms with Gasteiger partial charge in [0, 0.05) is 43.7 Å². The van der Waals surface area contributed by atoms with E-state index in [4.69, 9.17) is 5.73 Å². The van der Waals surface area contributed by atoms with Crippen LogP contribution in [0.2, 0.25) is 0 Å². The van der Waals surface area contributed by atoms with Crippen molar-refractivity contribution >= 4 is 40.1 Å². The lowest BCUT2D eigenvalue weighted by Gasteiger charge is -2.38. The maximum atomic E-state index is 14.3. The Hall–Kier alpha value is -4.24. The lowest BCUT2D eigenvalue weighted by Crippen LogP contribution is -2.45. The van der Waals surface area contributed by atoms with Gasteiger partial charge in [-0.05, 0) is 66.9 Å². The molecule has 1 fully saturated rings. The molecule has 0 radical (unpaired) electrons. The SMILES string of the molecule is CN(C)CCN(CC(N)=O)C(=O)CCN1C(=O)c2cc(NC(=O)CCC3CCCC3)ccc2CC1c1cccc2ccccc12. The van der Waals surface area contributed by atoms with E-state index in [-0.39, 0.29) is 43.3 Å². The summed E-state index contributed by atoms with van der Waals surface area (Å²) in [4.78, 5) is 57.4. The van der Waals surface area contributed by atoms with E-state index in [1.54, 1.807) is 11.0 Å². The molecule has 45 heavy (non-hydrogen) atoms. The van der Waals surface area contributed by atoms with Gasteiger partial charge >= 0.3 is 0 Å². The number of nitrogens with one attached hydrogen (secondary N) is 1. The van der Waals surface area contributed by atoms with Gasteiger partial charge in [0.2, 0.25) is 17.7 Å². The molecule has 9 heteroatoms. The van der Waals surface area contributed by atoms with Crippen LogP contribution in [-0.4, -0.2) is 78.6 Å². The van der Waals surface area contributed by atoms with Gasteiger partial charge in [0.05, 0.1) is 12.6 Å². The summed E-state index contributed by atoms with van der Waals surface area (Å²) in [7, 11) is 3.80. The quantitative estimate of drug-likeness (QED) is 0.289. The van der Waals surface area contributed by atoms with E-state index in [1.807, 2.05) is 49.3 Å². The van der Waals surface area contributed by atoms with Crippen molar-refractivity contribution in [3.05, 3.63) is 77.4 Å². The molecule has 2 aliphatic rings. The molecule has 1 heterocycles. The van der Waals surface area contributed by atoms with Crippen LogP contribution in [0, 0.1) is 5.92 Å². The standard InChI is InChI=1S/C36H45N5O4/c1-39(2)20-21-40(24-33(37)42)35(44)18-19-41-32(30-13-7-11-26-10-5-6-12-29(26)30)22-27-15-16-28(23-31(27)36(41)45)38-34(43)17-14-25-8-3-4-9-25/h5-7,10-13,15-16,23,25,32H,3-4,8-9,14,17-22,24H2,1-2H3,(H2,37,42)(H,38,43). The van der Waals surface area contributed by atoms with Crippen molar-refractivity contribution in [2.45, 2.75) is 57.4 Å². The average Bonchev–Trinajstić information content (AvgIpc) is 3.55. The normalized spacial score (nSPS) is 16.6. The number of likely N-dealkylation sites (N-methyl/N-ethyl adjacent to an activating group) is 1. The molecule has 1 aliphatic heterocycles. The molecule has 3 aromatic rings. The van der Waals surface area contributed by atoms with Crippen molar-refractivity contribution in [1.82, 2.24) is 14.7 Å². The van der Waals surface area contributed by atoms with E-state index >= 15 is 0 Å². The summed E-state index contributed by atoms with van der Waals surface area (Å²) in [6.45, 7) is 0.963. The first-order valence-electron chi connectivity index (χ1n) is 16.1. The van der Waals surface area contributed by atoms with Crippen LogP contribution in [0.3, 0.4) is 0 Å². The zero-order valence-electron chi connectivity index (χ0n) is 26.5. The number of rotatable bonds is 13. The van der Waals surface area contributed by atoms with E-state index in [9.17, 15) is 19.2 Å². The van der Waals surface area contributed by atoms with Crippen molar-refractivity contribution in [2.24, 2.45) is 11.7 Å². The molecule has 0 saturated heterocycles. The second kappa shape index (κ2) is 14.7. The molecule has 9 nitrogen and oxygen atoms in total. The van der Waals surface area contributed by atoms with Crippen molar-refractivity contribution in [1.29, 1.82) is 0 Å². The van der Waals surface area contributed by atoms with Crippen LogP contribution in [0.1, 0.15) is 72.5 Å². The van der Waals surface area contributed by atoms with Gasteiger partial charge in [-0.1, -0.05) is 74.2 Å². The van der Waals surface area contributed by atoms with Crippen LogP contribution in [0.15, 0.2) is 60.7 Å². The van der Waals surface area contributed by atoms with Gasteiger partial charge in [0.1, 0.15) is 0 Å². The van der Waals surface area contributed by atoms with Gasteiger partial charge in [0.25, 0.3) is 5.91 Å². The summed E-state index contributed by atoms with van der Waals surface area (Å²) in [6.07, 6.45) is 6.90. The summed E-state index contributed by atoms with van der Waals surface area (Å²) in [6, 6.07) is 19.5. The molecule has 3 N–H and O–H groups in total. The highest BCUT2D eigenvalue weighted by Gasteiger charge is 2.35. The van der Waals surface area contributed by atoms with Crippen molar-refractivity contribution < 1.29 is 19.2 Å². The first-order valence-corrected chi connectivity index (χ1v) is 16.1. The number of primary amides is 1. The molecule has 0 spiro atoms. The number of anilines is 1. The Morgan fingerprint density at radius 2 is 1.71 bits per heavy atom. The Bertz CT molecular complexity index is 1540. The molecular weight excluding hydrogens is 566 g/mol. The topological polar surface area (TPSA) is 116 Å². The highest BCUT2D eigenvalue weighted by molar-refractivity contribution is 6.00. The smallest absolute Gasteiger partial charge is 0.254 e. The first-order chi connectivity index (χ1) is 21.7. The molecule has 5 rings (SSSR count). The van der Waals surface area contributed by atoms with E-state index in [0.717, 1.165) is 28.3 Å². The molecule has 1 aliphatic carbocycles. The van der Waals surface area contributed by atoms with Gasteiger partial charge in [0.15, 0.2) is 0 Å². The molecule has 1 atom stereocenters. The number of carbonyl (C=O) groups is 4. The fourth-order valence-electron chi connectivity index (χ4n) is 6.76. The number of nitrogens with two attached hydrogens (primary N) is 1. The van der Waals surface area contributed by atoms with Crippen LogP contribution >= 0.6 is 0 Å². The number of hydrogen-bond acceptors (Lipinski definition) is 5. The lowest BCUT2D eigenvalue weighted by molar-refractivity contribution is -0.135. The largest absolute Gasteiger partial charge is 0.368 e. The van der Waals surface area contributed by atoms with Crippen molar-refractivity contribution in [3.63, 3.8) is 0 Å². The van der Waals surface area contributed by atoms with E-state index in [2.05, 4.69) is 29.6 Å². The van der Waals surface area contributed by atoms with E-state index in [0.29, 0.717) is 43.1 Å². The summed E-state index contributed by atoms with van der Waals surface area (Å²) >= 11 is 0. The third kappa shape index (κ3) is 8.08. The highest BCUT2D eigenvalue weighted by atomic mass is 16.2. The Labute approximate surface area is 265 Å². The van der Waals surface area contributed by atoms with Gasteiger partial charge in [-0.15, -0.1) is 0 Å². The van der Waals surface area contributed by atoms with Gasteiger partial charge in [-0.2, -0.15) is 0 Å². The molecule has 0 bridgehead atoms. The number of carbonyl (C=O) groups excluding carboxylic acids is 4. The highest BCUT2D eigenvalue weighted by Crippen LogP contribution is 2.37. The summed E-state index contributed by atoms with van der Waals surface area (Å²) < 4.78 is 0. The number of hydrogen-bond donors (Lipinski definition) is 2. The monoisotopic (exact) mass is 611 g/mol. The Morgan fingerprint density at radius 1 is 0.956 bits per heavy atom. The molecule has 238 valence electrons. The van der Waals surface area contributed by atoms with E-state index < -0.39 is 5.91 Å². The summed E-state index contributed by atoms with van der Waals surface area (Å²) in [5.74, 6) is -0.386. The van der Waals surface area contributed by atoms with Gasteiger partial charge in [-0.3, -0.25) is 19.2 Å². The number of fused-ring (bicyclic) bond motifs is 2.